The van der Waals surface area contributed by atoms with Crippen LogP contribution in [0.4, 0.5) is 0 Å². The fraction of sp³-hybridized carbons (Fsp3) is 0.538. The maximum atomic E-state index is 9.76. The molecule has 0 spiro atoms. The van der Waals surface area contributed by atoms with Gasteiger partial charge in [0.25, 0.3) is 0 Å². The Morgan fingerprint density at radius 3 is 2.73 bits per heavy atom. The summed E-state index contributed by atoms with van der Waals surface area (Å²) < 4.78 is 0. The molecule has 0 saturated carbocycles. The largest absolute Gasteiger partial charge is 0.392 e. The third kappa shape index (κ3) is 2.58. The quantitative estimate of drug-likeness (QED) is 0.766. The number of hydrogen-bond donors (Lipinski definition) is 2. The molecule has 1 heterocycles. The predicted molar refractivity (Wildman–Crippen MR) is 61.7 cm³/mol. The summed E-state index contributed by atoms with van der Waals surface area (Å²) in [6.07, 6.45) is 0.874. The van der Waals surface area contributed by atoms with E-state index in [1.165, 1.54) is 5.56 Å². The highest BCUT2D eigenvalue weighted by atomic mass is 16.3. The van der Waals surface area contributed by atoms with Crippen LogP contribution in [-0.4, -0.2) is 24.3 Å². The highest BCUT2D eigenvalue weighted by molar-refractivity contribution is 5.15. The van der Waals surface area contributed by atoms with Crippen LogP contribution in [-0.2, 0) is 6.42 Å². The third-order valence-corrected chi connectivity index (χ3v) is 3.45. The molecule has 2 N–H and O–H groups in total. The first-order valence-electron chi connectivity index (χ1n) is 5.70. The fourth-order valence-corrected chi connectivity index (χ4v) is 2.28. The minimum absolute atomic E-state index is 0.188. The third-order valence-electron chi connectivity index (χ3n) is 3.45. The normalized spacial score (nSPS) is 31.5. The Labute approximate surface area is 91.3 Å². The van der Waals surface area contributed by atoms with Crippen molar-refractivity contribution in [1.29, 1.82) is 0 Å². The van der Waals surface area contributed by atoms with Gasteiger partial charge in [0.2, 0.25) is 0 Å². The molecular weight excluding hydrogens is 186 g/mol. The standard InChI is InChI=1S/C13H19NO/c1-10-12(8-14-9-13(10)15)7-11-5-3-2-4-6-11/h2-6,10,12-15H,7-9H2,1H3/t10-,12+,13-/m1/s1. The first kappa shape index (κ1) is 10.7. The molecule has 0 aliphatic carbocycles. The lowest BCUT2D eigenvalue weighted by Crippen LogP contribution is -2.46. The Bertz CT molecular complexity index is 299. The van der Waals surface area contributed by atoms with Crippen LogP contribution >= 0.6 is 0 Å². The molecule has 1 fully saturated rings. The Hall–Kier alpha value is -0.860. The number of rotatable bonds is 2. The zero-order chi connectivity index (χ0) is 10.7. The van der Waals surface area contributed by atoms with Gasteiger partial charge in [-0.2, -0.15) is 0 Å². The summed E-state index contributed by atoms with van der Waals surface area (Å²) in [6.45, 7) is 3.92. The zero-order valence-electron chi connectivity index (χ0n) is 9.19. The molecule has 0 aromatic heterocycles. The second-order valence-electron chi connectivity index (χ2n) is 4.53. The van der Waals surface area contributed by atoms with Crippen molar-refractivity contribution in [2.45, 2.75) is 19.4 Å². The lowest BCUT2D eigenvalue weighted by Gasteiger charge is -2.33. The van der Waals surface area contributed by atoms with E-state index in [1.807, 2.05) is 6.07 Å². The van der Waals surface area contributed by atoms with Gasteiger partial charge in [0, 0.05) is 6.54 Å². The molecule has 1 saturated heterocycles. The van der Waals surface area contributed by atoms with Crippen LogP contribution in [0.2, 0.25) is 0 Å². The molecular formula is C13H19NO. The number of piperidine rings is 1. The molecule has 2 rings (SSSR count). The van der Waals surface area contributed by atoms with Crippen molar-refractivity contribution >= 4 is 0 Å². The molecule has 2 nitrogen and oxygen atoms in total. The van der Waals surface area contributed by atoms with Crippen molar-refractivity contribution in [2.75, 3.05) is 13.1 Å². The van der Waals surface area contributed by atoms with Gasteiger partial charge in [-0.1, -0.05) is 37.3 Å². The second kappa shape index (κ2) is 4.77. The number of aliphatic hydroxyl groups is 1. The lowest BCUT2D eigenvalue weighted by molar-refractivity contribution is 0.0556. The van der Waals surface area contributed by atoms with E-state index >= 15 is 0 Å². The Morgan fingerprint density at radius 2 is 2.00 bits per heavy atom. The van der Waals surface area contributed by atoms with E-state index in [0.717, 1.165) is 19.5 Å². The van der Waals surface area contributed by atoms with Crippen molar-refractivity contribution < 1.29 is 5.11 Å². The van der Waals surface area contributed by atoms with Crippen molar-refractivity contribution in [2.24, 2.45) is 11.8 Å². The molecule has 2 heteroatoms. The van der Waals surface area contributed by atoms with E-state index in [9.17, 15) is 5.11 Å². The summed E-state index contributed by atoms with van der Waals surface area (Å²) in [7, 11) is 0. The van der Waals surface area contributed by atoms with Crippen LogP contribution in [0.15, 0.2) is 30.3 Å². The van der Waals surface area contributed by atoms with Gasteiger partial charge in [-0.15, -0.1) is 0 Å². The van der Waals surface area contributed by atoms with Crippen LogP contribution in [0.3, 0.4) is 0 Å². The van der Waals surface area contributed by atoms with Crippen LogP contribution in [0.1, 0.15) is 12.5 Å². The molecule has 1 aromatic carbocycles. The fourth-order valence-electron chi connectivity index (χ4n) is 2.28. The molecule has 0 unspecified atom stereocenters. The van der Waals surface area contributed by atoms with Crippen molar-refractivity contribution in [3.8, 4) is 0 Å². The molecule has 0 amide bonds. The van der Waals surface area contributed by atoms with Crippen LogP contribution in [0.25, 0.3) is 0 Å². The van der Waals surface area contributed by atoms with Gasteiger partial charge in [0.15, 0.2) is 0 Å². The maximum absolute atomic E-state index is 9.76. The van der Waals surface area contributed by atoms with Crippen LogP contribution in [0, 0.1) is 11.8 Å². The lowest BCUT2D eigenvalue weighted by atomic mass is 9.82. The highest BCUT2D eigenvalue weighted by Gasteiger charge is 2.27. The molecule has 1 aromatic rings. The van der Waals surface area contributed by atoms with Gasteiger partial charge in [0.05, 0.1) is 6.10 Å². The summed E-state index contributed by atoms with van der Waals surface area (Å²) >= 11 is 0. The summed E-state index contributed by atoms with van der Waals surface area (Å²) in [4.78, 5) is 0. The molecule has 0 radical (unpaired) electrons. The van der Waals surface area contributed by atoms with E-state index < -0.39 is 0 Å². The first-order chi connectivity index (χ1) is 7.27. The van der Waals surface area contributed by atoms with E-state index in [0.29, 0.717) is 11.8 Å². The van der Waals surface area contributed by atoms with Gasteiger partial charge < -0.3 is 10.4 Å². The second-order valence-corrected chi connectivity index (χ2v) is 4.53. The Kier molecular flexibility index (Phi) is 3.39. The first-order valence-corrected chi connectivity index (χ1v) is 5.70. The Balaban J connectivity index is 1.99. The molecule has 3 atom stereocenters. The molecule has 1 aliphatic rings. The van der Waals surface area contributed by atoms with Crippen molar-refractivity contribution in [3.05, 3.63) is 35.9 Å². The van der Waals surface area contributed by atoms with Crippen LogP contribution < -0.4 is 5.32 Å². The summed E-state index contributed by atoms with van der Waals surface area (Å²) in [5, 5.41) is 13.0. The van der Waals surface area contributed by atoms with Gasteiger partial charge in [-0.25, -0.2) is 0 Å². The minimum atomic E-state index is -0.188. The molecule has 1 aliphatic heterocycles. The maximum Gasteiger partial charge on any atom is 0.0693 e. The van der Waals surface area contributed by atoms with Crippen molar-refractivity contribution in [1.82, 2.24) is 5.32 Å². The van der Waals surface area contributed by atoms with E-state index in [2.05, 4.69) is 36.5 Å². The minimum Gasteiger partial charge on any atom is -0.392 e. The van der Waals surface area contributed by atoms with E-state index in [4.69, 9.17) is 0 Å². The number of β-amino-alcohol motifs (C(OH)–C–C–N with tert-alkyl or cyclic N) is 1. The number of aliphatic hydroxyl groups excluding tert-OH is 1. The highest BCUT2D eigenvalue weighted by Crippen LogP contribution is 2.22. The predicted octanol–water partition coefficient (Wildman–Crippen LogP) is 1.45. The van der Waals surface area contributed by atoms with Crippen molar-refractivity contribution in [3.63, 3.8) is 0 Å². The summed E-state index contributed by atoms with van der Waals surface area (Å²) in [6, 6.07) is 10.5. The summed E-state index contributed by atoms with van der Waals surface area (Å²) in [5.41, 5.74) is 1.37. The molecule has 0 bridgehead atoms. The SMILES string of the molecule is C[C@@H]1[C@@H](Cc2ccccc2)CNC[C@H]1O. The van der Waals surface area contributed by atoms with Crippen LogP contribution in [0.5, 0.6) is 0 Å². The monoisotopic (exact) mass is 205 g/mol. The summed E-state index contributed by atoms with van der Waals surface area (Å²) in [5.74, 6) is 0.947. The topological polar surface area (TPSA) is 32.3 Å². The van der Waals surface area contributed by atoms with Gasteiger partial charge in [-0.3, -0.25) is 0 Å². The number of benzene rings is 1. The van der Waals surface area contributed by atoms with Gasteiger partial charge >= 0.3 is 0 Å². The smallest absolute Gasteiger partial charge is 0.0693 e. The van der Waals surface area contributed by atoms with E-state index in [1.54, 1.807) is 0 Å². The van der Waals surface area contributed by atoms with Gasteiger partial charge in [0.1, 0.15) is 0 Å². The van der Waals surface area contributed by atoms with E-state index in [-0.39, 0.29) is 6.10 Å². The Morgan fingerprint density at radius 1 is 1.27 bits per heavy atom. The molecule has 15 heavy (non-hydrogen) atoms. The number of nitrogens with one attached hydrogen (secondary N) is 1. The zero-order valence-corrected chi connectivity index (χ0v) is 9.19. The average Bonchev–Trinajstić information content (AvgIpc) is 2.26. The number of hydrogen-bond acceptors (Lipinski definition) is 2. The van der Waals surface area contributed by atoms with Gasteiger partial charge in [-0.05, 0) is 30.4 Å². The average molecular weight is 205 g/mol. The molecule has 82 valence electrons.